The van der Waals surface area contributed by atoms with Gasteiger partial charge in [0.25, 0.3) is 18.2 Å². The van der Waals surface area contributed by atoms with Crippen molar-refractivity contribution >= 4 is 70.9 Å². The second-order valence-electron chi connectivity index (χ2n) is 23.7. The van der Waals surface area contributed by atoms with Gasteiger partial charge in [-0.15, -0.1) is 14.5 Å². The van der Waals surface area contributed by atoms with Crippen molar-refractivity contribution in [1.82, 2.24) is 46.6 Å². The number of fused-ring (bicyclic) bond motifs is 2. The maximum Gasteiger partial charge on any atom is 1.00 e. The molecule has 4 aliphatic rings. The summed E-state index contributed by atoms with van der Waals surface area (Å²) in [5, 5.41) is 114. The number of nitrogens with one attached hydrogen (secondary N) is 5. The molecule has 95 heavy (non-hydrogen) atoms. The number of hydrogen-bond acceptors (Lipinski definition) is 24. The van der Waals surface area contributed by atoms with E-state index in [-0.39, 0.29) is 64.9 Å². The van der Waals surface area contributed by atoms with Gasteiger partial charge >= 0.3 is 29.6 Å². The number of benzene rings is 4. The summed E-state index contributed by atoms with van der Waals surface area (Å²) in [5.74, 6) is -10.3. The Bertz CT molecular complexity index is 3520. The number of primary amides is 1. The molecule has 9 rings (SSSR count). The first-order chi connectivity index (χ1) is 45.0. The molecule has 5 aromatic rings. The monoisotopic (exact) mass is 1360 g/mol. The number of nitrogens with two attached hydrogens (primary N) is 1. The van der Waals surface area contributed by atoms with Crippen LogP contribution >= 0.6 is 23.7 Å². The average Bonchev–Trinajstić information content (AvgIpc) is 1.69. The largest absolute Gasteiger partial charge is 1.00 e. The number of phenolic OH excluding ortho intramolecular Hbond substituents is 1. The molecule has 12 unspecified atom stereocenters. The molecule has 4 heterocycles. The molecule has 30 nitrogen and oxygen atoms in total. The molecule has 0 spiro atoms. The van der Waals surface area contributed by atoms with E-state index in [9.17, 15) is 79.4 Å². The molecule has 1 aliphatic carbocycles. The Balaban J connectivity index is 0.0000116. The Kier molecular flexibility index (Phi) is 25.9. The molecule has 4 fully saturated rings. The maximum absolute atomic E-state index is 14.7. The maximum atomic E-state index is 14.7. The van der Waals surface area contributed by atoms with Crippen LogP contribution in [0.3, 0.4) is 0 Å². The van der Waals surface area contributed by atoms with Crippen LogP contribution in [0.2, 0.25) is 0 Å². The van der Waals surface area contributed by atoms with Crippen LogP contribution in [-0.2, 0) is 49.4 Å². The molecule has 504 valence electrons. The van der Waals surface area contributed by atoms with Crippen LogP contribution in [0.5, 0.6) is 17.2 Å². The number of aliphatic hydroxyl groups excluding tert-OH is 6. The van der Waals surface area contributed by atoms with E-state index in [1.165, 1.54) is 55.7 Å². The zero-order chi connectivity index (χ0) is 67.5. The van der Waals surface area contributed by atoms with Gasteiger partial charge in [0.1, 0.15) is 52.0 Å². The molecular weight excluding hydrogens is 1290 g/mol. The quantitative estimate of drug-likeness (QED) is 0.0131. The molecule has 0 radical (unpaired) electrons. The van der Waals surface area contributed by atoms with Crippen LogP contribution in [0.15, 0.2) is 91.0 Å². The van der Waals surface area contributed by atoms with Crippen molar-refractivity contribution in [2.24, 2.45) is 11.7 Å². The molecule has 3 saturated heterocycles. The Morgan fingerprint density at radius 1 is 0.737 bits per heavy atom. The molecular formula is C62H73N10NaO20S2. The van der Waals surface area contributed by atoms with E-state index in [1.54, 1.807) is 12.1 Å². The number of ether oxygens (including phenoxy) is 1. The fraction of sp³-hybridized carbons (Fsp3) is 0.452. The third kappa shape index (κ3) is 18.6. The third-order valence-corrected chi connectivity index (χ3v) is 18.2. The van der Waals surface area contributed by atoms with Crippen molar-refractivity contribution in [3.05, 3.63) is 102 Å². The van der Waals surface area contributed by atoms with Crippen LogP contribution in [0, 0.1) is 5.92 Å². The molecule has 1 aromatic heterocycles. The summed E-state index contributed by atoms with van der Waals surface area (Å²) < 4.78 is 15.4. The van der Waals surface area contributed by atoms with Crippen molar-refractivity contribution in [3.8, 4) is 49.5 Å². The predicted octanol–water partition coefficient (Wildman–Crippen LogP) is -4.05. The summed E-state index contributed by atoms with van der Waals surface area (Å²) in [6.45, 7) is 0.845. The summed E-state index contributed by atoms with van der Waals surface area (Å²) in [7, 11) is 0. The second-order valence-corrected chi connectivity index (χ2v) is 25.1. The summed E-state index contributed by atoms with van der Waals surface area (Å²) in [4.78, 5) is 115. The first-order valence-corrected chi connectivity index (χ1v) is 31.9. The van der Waals surface area contributed by atoms with Gasteiger partial charge in [0.15, 0.2) is 11.5 Å². The van der Waals surface area contributed by atoms with Gasteiger partial charge in [-0.25, -0.2) is 0 Å². The van der Waals surface area contributed by atoms with Crippen LogP contribution < -0.4 is 76.1 Å². The first kappa shape index (κ1) is 73.4. The zero-order valence-corrected chi connectivity index (χ0v) is 55.5. The standard InChI is InChI=1S/C62H74N10O20S2.Na/c1-30-28-72-52(53(30)80)58(85)64-27-38(74)24-42(65-54(81)35-11-15-37(16-12-35)60-70-69-59(93-60)36-13-9-33(10-14-36)34-17-19-41(20-18-34)89-40-6-4-3-5-7-40)55(82)66-49(31(2)73)61(86)71-29-39(75)25-43(71)56(83)67-50(57(84)68-51(62(72)87)46(78)26-48(63)79)45(77)22-32-8-21-44(76)47(23-32)90-94-92-91-88;/h8-21,23,30-31,38-40,42-43,45-46,49-53,73-78,80,88H,3-7,22,24-29H2,1-2H3,(H2,63,79)(H,64,85)(H,65,81)(H,66,82)(H,67,83)(H,68,84);/q;+1/p-1/t30?,31?,38?,39?,42-,43?,45?,46?,49?,50?,51?,52?,53?;/m0./s1. The second kappa shape index (κ2) is 33.5. The van der Waals surface area contributed by atoms with E-state index in [1.807, 2.05) is 48.5 Å². The Morgan fingerprint density at radius 3 is 1.97 bits per heavy atom. The first-order valence-electron chi connectivity index (χ1n) is 30.4. The zero-order valence-electron chi connectivity index (χ0n) is 51.8. The SMILES string of the molecule is CC(O)C1NC(=O)[C@@H](NC(=O)c2ccc(-c3nnc(-c4ccc(-c5ccc(OC6CCCCC6)cc5)cc4)s3)cc2)CC(O)CNC(=O)C2C(O)C(C)CN2C(=O)C(C(O)CC(N)=O)NC(=O)C(C(O)Cc2ccc(O)c(OSOO[O-])c2)NC(=O)C2CC(O)CN2C1=O.[Na+]. The minimum atomic E-state index is -2.23. The van der Waals surface area contributed by atoms with E-state index < -0.39 is 177 Å². The van der Waals surface area contributed by atoms with Gasteiger partial charge in [-0.1, -0.05) is 79.3 Å². The number of carbonyl (C=O) groups is 8. The third-order valence-electron chi connectivity index (χ3n) is 16.8. The minimum Gasteiger partial charge on any atom is -0.691 e. The number of nitrogens with zero attached hydrogens (tertiary/aromatic N) is 4. The molecule has 33 heteroatoms. The van der Waals surface area contributed by atoms with E-state index >= 15 is 0 Å². The fourth-order valence-corrected chi connectivity index (χ4v) is 12.9. The van der Waals surface area contributed by atoms with Crippen molar-refractivity contribution in [1.29, 1.82) is 0 Å². The van der Waals surface area contributed by atoms with Crippen LogP contribution in [0.4, 0.5) is 0 Å². The van der Waals surface area contributed by atoms with Gasteiger partial charge in [0, 0.05) is 61.5 Å². The normalized spacial score (nSPS) is 25.2. The Morgan fingerprint density at radius 2 is 1.34 bits per heavy atom. The number of β-amino-alcohol motifs (C(OH)–C–C–N with tert-alkyl or cyclic N) is 1. The number of aliphatic hydroxyl groups is 6. The molecule has 1 saturated carbocycles. The molecule has 4 aromatic carbocycles. The predicted molar refractivity (Wildman–Crippen MR) is 331 cm³/mol. The van der Waals surface area contributed by atoms with Gasteiger partial charge in [-0.05, 0) is 85.7 Å². The summed E-state index contributed by atoms with van der Waals surface area (Å²) >= 11 is 1.29. The van der Waals surface area contributed by atoms with Crippen molar-refractivity contribution < 1.29 is 127 Å². The number of amides is 8. The van der Waals surface area contributed by atoms with Gasteiger partial charge in [-0.2, -0.15) is 0 Å². The fourth-order valence-electron chi connectivity index (χ4n) is 11.8. The molecule has 0 bridgehead atoms. The van der Waals surface area contributed by atoms with Crippen molar-refractivity contribution in [2.75, 3.05) is 19.6 Å². The topological polar surface area (TPSA) is 457 Å². The van der Waals surface area contributed by atoms with E-state index in [0.717, 1.165) is 64.1 Å². The van der Waals surface area contributed by atoms with Gasteiger partial charge in [-0.3, -0.25) is 43.4 Å². The number of aromatic hydroxyl groups is 1. The average molecular weight is 1370 g/mol. The molecule has 8 amide bonds. The molecule has 14 N–H and O–H groups in total. The van der Waals surface area contributed by atoms with Crippen LogP contribution in [0.1, 0.15) is 81.1 Å². The molecule has 13 atom stereocenters. The molecule has 3 aliphatic heterocycles. The number of aromatic nitrogens is 2. The smallest absolute Gasteiger partial charge is 0.691 e. The van der Waals surface area contributed by atoms with Crippen LogP contribution in [-0.4, -0.2) is 202 Å². The van der Waals surface area contributed by atoms with Gasteiger partial charge < -0.3 is 92.0 Å². The number of phenols is 1. The van der Waals surface area contributed by atoms with E-state index in [4.69, 9.17) is 14.7 Å². The minimum absolute atomic E-state index is 0. The summed E-state index contributed by atoms with van der Waals surface area (Å²) in [5.41, 5.74) is 8.89. The van der Waals surface area contributed by atoms with Crippen molar-refractivity contribution in [3.63, 3.8) is 0 Å². The van der Waals surface area contributed by atoms with Crippen molar-refractivity contribution in [2.45, 2.75) is 151 Å². The van der Waals surface area contributed by atoms with E-state index in [0.29, 0.717) is 15.6 Å². The van der Waals surface area contributed by atoms with Gasteiger partial charge in [0.05, 0.1) is 49.1 Å². The van der Waals surface area contributed by atoms with E-state index in [2.05, 4.69) is 46.2 Å². The number of carbonyl (C=O) groups excluding carboxylic acids is 8. The van der Waals surface area contributed by atoms with Gasteiger partial charge in [0.2, 0.25) is 41.4 Å². The van der Waals surface area contributed by atoms with Crippen LogP contribution in [0.25, 0.3) is 32.3 Å². The number of hydrogen-bond donors (Lipinski definition) is 13. The Labute approximate surface area is 574 Å². The Hall–Kier alpha value is -7.41. The summed E-state index contributed by atoms with van der Waals surface area (Å²) in [6.07, 6.45) is -7.74. The summed E-state index contributed by atoms with van der Waals surface area (Å²) in [6, 6.07) is 13.7. The number of rotatable bonds is 18.